The van der Waals surface area contributed by atoms with Crippen molar-refractivity contribution in [3.8, 4) is 0 Å². The zero-order valence-electron chi connectivity index (χ0n) is 11.8. The van der Waals surface area contributed by atoms with Gasteiger partial charge in [0.2, 0.25) is 5.91 Å². The summed E-state index contributed by atoms with van der Waals surface area (Å²) in [4.78, 5) is 16.8. The van der Waals surface area contributed by atoms with Gasteiger partial charge in [-0.2, -0.15) is 0 Å². The monoisotopic (exact) mass is 332 g/mol. The number of hydrogen-bond acceptors (Lipinski definition) is 2. The molecule has 3 nitrogen and oxygen atoms in total. The predicted octanol–water partition coefficient (Wildman–Crippen LogP) is 4.07. The van der Waals surface area contributed by atoms with Crippen molar-refractivity contribution < 1.29 is 4.79 Å². The number of hydrogen-bond donors (Lipinski definition) is 1. The van der Waals surface area contributed by atoms with E-state index < -0.39 is 5.41 Å². The van der Waals surface area contributed by atoms with Crippen LogP contribution in [0.2, 0.25) is 0 Å². The van der Waals surface area contributed by atoms with E-state index >= 15 is 0 Å². The third-order valence-electron chi connectivity index (χ3n) is 3.33. The number of anilines is 1. The Morgan fingerprint density at radius 1 is 1.15 bits per heavy atom. The van der Waals surface area contributed by atoms with Crippen molar-refractivity contribution in [1.82, 2.24) is 4.98 Å². The molecule has 104 valence electrons. The number of nitrogens with one attached hydrogen (secondary N) is 1. The number of carbonyl (C=O) groups is 1. The first kappa shape index (κ1) is 14.7. The summed E-state index contributed by atoms with van der Waals surface area (Å²) in [7, 11) is 0. The van der Waals surface area contributed by atoms with Gasteiger partial charge in [0, 0.05) is 4.47 Å². The van der Waals surface area contributed by atoms with Crippen LogP contribution in [0.5, 0.6) is 0 Å². The van der Waals surface area contributed by atoms with Gasteiger partial charge in [-0.1, -0.05) is 30.3 Å². The maximum Gasteiger partial charge on any atom is 0.235 e. The molecule has 0 fully saturated rings. The largest absolute Gasteiger partial charge is 0.310 e. The van der Waals surface area contributed by atoms with E-state index in [0.717, 1.165) is 15.7 Å². The Morgan fingerprint density at radius 3 is 2.40 bits per heavy atom. The molecule has 0 aliphatic carbocycles. The molecule has 0 unspecified atom stereocenters. The Balaban J connectivity index is 2.21. The van der Waals surface area contributed by atoms with Crippen LogP contribution in [0, 0.1) is 6.92 Å². The minimum absolute atomic E-state index is 0.0714. The molecule has 1 heterocycles. The van der Waals surface area contributed by atoms with Gasteiger partial charge in [0.25, 0.3) is 0 Å². The molecular formula is C16H17BrN2O. The molecule has 2 rings (SSSR count). The van der Waals surface area contributed by atoms with E-state index in [1.165, 1.54) is 0 Å². The molecule has 0 spiro atoms. The van der Waals surface area contributed by atoms with Crippen LogP contribution in [0.4, 0.5) is 5.82 Å². The minimum atomic E-state index is -0.607. The molecule has 20 heavy (non-hydrogen) atoms. The minimum Gasteiger partial charge on any atom is -0.310 e. The molecule has 4 heteroatoms. The number of aryl methyl sites for hydroxylation is 1. The first-order chi connectivity index (χ1) is 9.41. The van der Waals surface area contributed by atoms with Gasteiger partial charge >= 0.3 is 0 Å². The molecule has 1 aromatic heterocycles. The van der Waals surface area contributed by atoms with E-state index in [2.05, 4.69) is 26.2 Å². The second-order valence-electron chi connectivity index (χ2n) is 5.21. The van der Waals surface area contributed by atoms with Crippen LogP contribution in [0.25, 0.3) is 0 Å². The molecule has 1 N–H and O–H groups in total. The maximum absolute atomic E-state index is 12.5. The van der Waals surface area contributed by atoms with E-state index in [-0.39, 0.29) is 5.91 Å². The second kappa shape index (κ2) is 5.75. The van der Waals surface area contributed by atoms with Crippen LogP contribution in [0.1, 0.15) is 25.1 Å². The highest BCUT2D eigenvalue weighted by molar-refractivity contribution is 9.10. The summed E-state index contributed by atoms with van der Waals surface area (Å²) < 4.78 is 0.929. The topological polar surface area (TPSA) is 42.0 Å². The van der Waals surface area contributed by atoms with Crippen molar-refractivity contribution in [2.24, 2.45) is 0 Å². The van der Waals surface area contributed by atoms with Gasteiger partial charge < -0.3 is 5.32 Å². The molecule has 0 aliphatic rings. The number of amides is 1. The van der Waals surface area contributed by atoms with Crippen molar-refractivity contribution in [3.63, 3.8) is 0 Å². The van der Waals surface area contributed by atoms with Crippen LogP contribution in [-0.4, -0.2) is 10.9 Å². The number of aromatic nitrogens is 1. The fourth-order valence-corrected chi connectivity index (χ4v) is 2.09. The SMILES string of the molecule is Cc1nc(NC(=O)C(C)(C)c2ccccc2)ccc1Br. The quantitative estimate of drug-likeness (QED) is 0.920. The highest BCUT2D eigenvalue weighted by atomic mass is 79.9. The lowest BCUT2D eigenvalue weighted by atomic mass is 9.84. The first-order valence-corrected chi connectivity index (χ1v) is 7.20. The number of rotatable bonds is 3. The van der Waals surface area contributed by atoms with Crippen molar-refractivity contribution in [2.75, 3.05) is 5.32 Å². The van der Waals surface area contributed by atoms with Crippen LogP contribution >= 0.6 is 15.9 Å². The standard InChI is InChI=1S/C16H17BrN2O/c1-11-13(17)9-10-14(18-11)19-15(20)16(2,3)12-7-5-4-6-8-12/h4-10H,1-3H3,(H,18,19,20). The van der Waals surface area contributed by atoms with Gasteiger partial charge in [0.05, 0.1) is 11.1 Å². The summed E-state index contributed by atoms with van der Waals surface area (Å²) in [6.45, 7) is 5.70. The van der Waals surface area contributed by atoms with Crippen LogP contribution < -0.4 is 5.32 Å². The van der Waals surface area contributed by atoms with E-state index in [9.17, 15) is 4.79 Å². The molecule has 0 bridgehead atoms. The van der Waals surface area contributed by atoms with E-state index in [1.807, 2.05) is 57.2 Å². The Morgan fingerprint density at radius 2 is 1.80 bits per heavy atom. The third-order valence-corrected chi connectivity index (χ3v) is 4.16. The number of carbonyl (C=O) groups excluding carboxylic acids is 1. The smallest absolute Gasteiger partial charge is 0.235 e. The number of nitrogens with zero attached hydrogens (tertiary/aromatic N) is 1. The van der Waals surface area contributed by atoms with E-state index in [1.54, 1.807) is 6.07 Å². The van der Waals surface area contributed by atoms with Crippen molar-refractivity contribution in [1.29, 1.82) is 0 Å². The Kier molecular flexibility index (Phi) is 4.23. The zero-order chi connectivity index (χ0) is 14.8. The Bertz CT molecular complexity index is 624. The van der Waals surface area contributed by atoms with Crippen LogP contribution in [0.15, 0.2) is 46.9 Å². The molecular weight excluding hydrogens is 316 g/mol. The van der Waals surface area contributed by atoms with E-state index in [0.29, 0.717) is 5.82 Å². The highest BCUT2D eigenvalue weighted by Crippen LogP contribution is 2.25. The normalized spacial score (nSPS) is 11.2. The summed E-state index contributed by atoms with van der Waals surface area (Å²) in [5.41, 5.74) is 1.22. The van der Waals surface area contributed by atoms with Gasteiger partial charge in [-0.3, -0.25) is 4.79 Å². The molecule has 0 saturated carbocycles. The molecule has 0 aliphatic heterocycles. The van der Waals surface area contributed by atoms with Crippen LogP contribution in [-0.2, 0) is 10.2 Å². The zero-order valence-corrected chi connectivity index (χ0v) is 13.4. The fourth-order valence-electron chi connectivity index (χ4n) is 1.87. The Labute approximate surface area is 127 Å². The lowest BCUT2D eigenvalue weighted by Gasteiger charge is -2.24. The molecule has 0 radical (unpaired) electrons. The third kappa shape index (κ3) is 3.07. The second-order valence-corrected chi connectivity index (χ2v) is 6.06. The molecule has 0 saturated heterocycles. The van der Waals surface area contributed by atoms with Gasteiger partial charge in [0.15, 0.2) is 0 Å². The lowest BCUT2D eigenvalue weighted by molar-refractivity contribution is -0.120. The fraction of sp³-hybridized carbons (Fsp3) is 0.250. The summed E-state index contributed by atoms with van der Waals surface area (Å²) in [5.74, 6) is 0.498. The lowest BCUT2D eigenvalue weighted by Crippen LogP contribution is -2.35. The highest BCUT2D eigenvalue weighted by Gasteiger charge is 2.29. The number of benzene rings is 1. The van der Waals surface area contributed by atoms with Crippen molar-refractivity contribution in [2.45, 2.75) is 26.2 Å². The predicted molar refractivity (Wildman–Crippen MR) is 84.8 cm³/mol. The first-order valence-electron chi connectivity index (χ1n) is 6.41. The molecule has 1 amide bonds. The summed E-state index contributed by atoms with van der Waals surface area (Å²) in [6, 6.07) is 13.4. The number of halogens is 1. The number of pyridine rings is 1. The summed E-state index contributed by atoms with van der Waals surface area (Å²) >= 11 is 3.40. The average molecular weight is 333 g/mol. The van der Waals surface area contributed by atoms with Gasteiger partial charge in [-0.15, -0.1) is 0 Å². The van der Waals surface area contributed by atoms with Crippen molar-refractivity contribution in [3.05, 3.63) is 58.2 Å². The van der Waals surface area contributed by atoms with Gasteiger partial charge in [0.1, 0.15) is 5.82 Å². The van der Waals surface area contributed by atoms with Crippen LogP contribution in [0.3, 0.4) is 0 Å². The van der Waals surface area contributed by atoms with E-state index in [4.69, 9.17) is 0 Å². The molecule has 2 aromatic rings. The summed E-state index contributed by atoms with van der Waals surface area (Å²) in [6.07, 6.45) is 0. The van der Waals surface area contributed by atoms with Gasteiger partial charge in [-0.05, 0) is 54.4 Å². The maximum atomic E-state index is 12.5. The molecule has 0 atom stereocenters. The Hall–Kier alpha value is -1.68. The molecule has 1 aromatic carbocycles. The van der Waals surface area contributed by atoms with Gasteiger partial charge in [-0.25, -0.2) is 4.98 Å². The summed E-state index contributed by atoms with van der Waals surface area (Å²) in [5, 5.41) is 2.88. The average Bonchev–Trinajstić information content (AvgIpc) is 2.44. The van der Waals surface area contributed by atoms with Crippen molar-refractivity contribution >= 4 is 27.7 Å².